The molecule has 1 aromatic carbocycles. The van der Waals surface area contributed by atoms with E-state index in [1.807, 2.05) is 36.4 Å². The Labute approximate surface area is 89.0 Å². The fourth-order valence-electron chi connectivity index (χ4n) is 1.25. The second-order valence-electron chi connectivity index (χ2n) is 2.97. The third-order valence-electron chi connectivity index (χ3n) is 1.91. The summed E-state index contributed by atoms with van der Waals surface area (Å²) in [6, 6.07) is 11.2. The molecule has 1 rings (SSSR count). The molecule has 0 heterocycles. The van der Waals surface area contributed by atoms with Gasteiger partial charge in [-0.05, 0) is 5.56 Å². The zero-order chi connectivity index (χ0) is 11.1. The summed E-state index contributed by atoms with van der Waals surface area (Å²) in [6.07, 6.45) is 1.53. The Bertz CT molecular complexity index is 401. The SMILES string of the molecule is CNC=C(C(=O)CC#N)c1ccccc1. The number of carbonyl (C=O) groups excluding carboxylic acids is 1. The molecule has 0 unspecified atom stereocenters. The van der Waals surface area contributed by atoms with Crippen molar-refractivity contribution in [1.29, 1.82) is 5.26 Å². The topological polar surface area (TPSA) is 52.9 Å². The van der Waals surface area contributed by atoms with E-state index in [2.05, 4.69) is 5.32 Å². The Hall–Kier alpha value is -2.08. The van der Waals surface area contributed by atoms with E-state index in [-0.39, 0.29) is 12.2 Å². The molecule has 0 amide bonds. The van der Waals surface area contributed by atoms with E-state index in [1.54, 1.807) is 13.2 Å². The first-order valence-electron chi connectivity index (χ1n) is 4.62. The number of nitrogens with one attached hydrogen (secondary N) is 1. The summed E-state index contributed by atoms with van der Waals surface area (Å²) in [5.74, 6) is -0.168. The molecule has 0 saturated carbocycles. The van der Waals surface area contributed by atoms with Crippen molar-refractivity contribution >= 4 is 11.4 Å². The Kier molecular flexibility index (Phi) is 4.11. The molecule has 0 saturated heterocycles. The van der Waals surface area contributed by atoms with Crippen LogP contribution in [0.5, 0.6) is 0 Å². The molecule has 0 fully saturated rings. The van der Waals surface area contributed by atoms with Gasteiger partial charge in [0, 0.05) is 18.8 Å². The van der Waals surface area contributed by atoms with E-state index < -0.39 is 0 Å². The molecule has 0 aliphatic rings. The molecular weight excluding hydrogens is 188 g/mol. The van der Waals surface area contributed by atoms with Crippen LogP contribution in [-0.4, -0.2) is 12.8 Å². The van der Waals surface area contributed by atoms with Crippen LogP contribution in [0.2, 0.25) is 0 Å². The first-order valence-corrected chi connectivity index (χ1v) is 4.62. The molecule has 0 aliphatic heterocycles. The van der Waals surface area contributed by atoms with Crippen molar-refractivity contribution in [1.82, 2.24) is 5.32 Å². The van der Waals surface area contributed by atoms with Gasteiger partial charge in [-0.15, -0.1) is 0 Å². The lowest BCUT2D eigenvalue weighted by Gasteiger charge is -2.04. The third-order valence-corrected chi connectivity index (χ3v) is 1.91. The third kappa shape index (κ3) is 2.96. The fourth-order valence-corrected chi connectivity index (χ4v) is 1.25. The molecule has 0 radical (unpaired) electrons. The Morgan fingerprint density at radius 3 is 2.67 bits per heavy atom. The predicted octanol–water partition coefficient (Wildman–Crippen LogP) is 1.73. The van der Waals surface area contributed by atoms with Crippen LogP contribution >= 0.6 is 0 Å². The van der Waals surface area contributed by atoms with Gasteiger partial charge >= 0.3 is 0 Å². The van der Waals surface area contributed by atoms with Crippen molar-refractivity contribution < 1.29 is 4.79 Å². The number of ketones is 1. The van der Waals surface area contributed by atoms with Crippen LogP contribution in [0.4, 0.5) is 0 Å². The van der Waals surface area contributed by atoms with Gasteiger partial charge in [0.1, 0.15) is 0 Å². The lowest BCUT2D eigenvalue weighted by Crippen LogP contribution is -2.05. The highest BCUT2D eigenvalue weighted by molar-refractivity contribution is 6.21. The average molecular weight is 200 g/mol. The highest BCUT2D eigenvalue weighted by Gasteiger charge is 2.10. The largest absolute Gasteiger partial charge is 0.393 e. The lowest BCUT2D eigenvalue weighted by atomic mass is 10.0. The van der Waals surface area contributed by atoms with E-state index in [9.17, 15) is 4.79 Å². The van der Waals surface area contributed by atoms with Crippen LogP contribution in [-0.2, 0) is 4.79 Å². The average Bonchev–Trinajstić information content (AvgIpc) is 2.27. The van der Waals surface area contributed by atoms with E-state index in [4.69, 9.17) is 5.26 Å². The number of nitrogens with zero attached hydrogens (tertiary/aromatic N) is 1. The molecule has 0 aromatic heterocycles. The molecule has 76 valence electrons. The van der Waals surface area contributed by atoms with Gasteiger partial charge < -0.3 is 5.32 Å². The quantitative estimate of drug-likeness (QED) is 0.753. The maximum atomic E-state index is 11.6. The number of benzene rings is 1. The highest BCUT2D eigenvalue weighted by Crippen LogP contribution is 2.15. The van der Waals surface area contributed by atoms with Gasteiger partial charge in [-0.1, -0.05) is 30.3 Å². The van der Waals surface area contributed by atoms with E-state index >= 15 is 0 Å². The summed E-state index contributed by atoms with van der Waals surface area (Å²) in [5.41, 5.74) is 1.37. The predicted molar refractivity (Wildman–Crippen MR) is 58.7 cm³/mol. The monoisotopic (exact) mass is 200 g/mol. The number of carbonyl (C=O) groups is 1. The van der Waals surface area contributed by atoms with Crippen molar-refractivity contribution in [2.45, 2.75) is 6.42 Å². The van der Waals surface area contributed by atoms with Gasteiger partial charge in [0.2, 0.25) is 0 Å². The van der Waals surface area contributed by atoms with Crippen LogP contribution < -0.4 is 5.32 Å². The number of Topliss-reactive ketones (excluding diaryl/α,β-unsaturated/α-hetero) is 1. The molecule has 0 atom stereocenters. The number of allylic oxidation sites excluding steroid dienone is 1. The second kappa shape index (κ2) is 5.61. The molecule has 0 aliphatic carbocycles. The summed E-state index contributed by atoms with van der Waals surface area (Å²) in [5, 5.41) is 11.3. The minimum Gasteiger partial charge on any atom is -0.393 e. The summed E-state index contributed by atoms with van der Waals surface area (Å²) in [6.45, 7) is 0. The molecule has 1 N–H and O–H groups in total. The van der Waals surface area contributed by atoms with Crippen molar-refractivity contribution in [2.24, 2.45) is 0 Å². The van der Waals surface area contributed by atoms with Crippen molar-refractivity contribution in [2.75, 3.05) is 7.05 Å². The standard InChI is InChI=1S/C12H12N2O/c1-14-9-11(12(15)7-8-13)10-5-3-2-4-6-10/h2-6,9,14H,7H2,1H3. The molecule has 15 heavy (non-hydrogen) atoms. The normalized spacial score (nSPS) is 10.5. The van der Waals surface area contributed by atoms with Gasteiger partial charge in [-0.3, -0.25) is 4.79 Å². The maximum Gasteiger partial charge on any atom is 0.178 e. The lowest BCUT2D eigenvalue weighted by molar-refractivity contribution is -0.112. The van der Waals surface area contributed by atoms with Gasteiger partial charge in [-0.25, -0.2) is 0 Å². The Balaban J connectivity index is 3.01. The van der Waals surface area contributed by atoms with Gasteiger partial charge in [-0.2, -0.15) is 5.26 Å². The van der Waals surface area contributed by atoms with E-state index in [0.717, 1.165) is 5.56 Å². The van der Waals surface area contributed by atoms with Crippen LogP contribution in [0.3, 0.4) is 0 Å². The zero-order valence-corrected chi connectivity index (χ0v) is 8.53. The summed E-state index contributed by atoms with van der Waals surface area (Å²) >= 11 is 0. The summed E-state index contributed by atoms with van der Waals surface area (Å²) < 4.78 is 0. The maximum absolute atomic E-state index is 11.6. The minimum atomic E-state index is -0.168. The summed E-state index contributed by atoms with van der Waals surface area (Å²) in [4.78, 5) is 11.6. The van der Waals surface area contributed by atoms with Crippen molar-refractivity contribution in [3.8, 4) is 6.07 Å². The second-order valence-corrected chi connectivity index (χ2v) is 2.97. The molecule has 1 aromatic rings. The van der Waals surface area contributed by atoms with Crippen LogP contribution in [0.1, 0.15) is 12.0 Å². The highest BCUT2D eigenvalue weighted by atomic mass is 16.1. The fraction of sp³-hybridized carbons (Fsp3) is 0.167. The number of hydrogen-bond acceptors (Lipinski definition) is 3. The molecule has 0 bridgehead atoms. The minimum absolute atomic E-state index is 0.0948. The first-order chi connectivity index (χ1) is 7.29. The molecule has 0 spiro atoms. The summed E-state index contributed by atoms with van der Waals surface area (Å²) in [7, 11) is 1.72. The number of rotatable bonds is 4. The number of hydrogen-bond donors (Lipinski definition) is 1. The van der Waals surface area contributed by atoms with Gasteiger partial charge in [0.05, 0.1) is 12.5 Å². The van der Waals surface area contributed by atoms with Gasteiger partial charge in [0.15, 0.2) is 5.78 Å². The molecule has 3 heteroatoms. The van der Waals surface area contributed by atoms with Crippen LogP contribution in [0.15, 0.2) is 36.5 Å². The Morgan fingerprint density at radius 1 is 1.47 bits per heavy atom. The number of nitriles is 1. The van der Waals surface area contributed by atoms with Gasteiger partial charge in [0.25, 0.3) is 0 Å². The zero-order valence-electron chi connectivity index (χ0n) is 8.53. The smallest absolute Gasteiger partial charge is 0.178 e. The van der Waals surface area contributed by atoms with Crippen molar-refractivity contribution in [3.63, 3.8) is 0 Å². The first kappa shape index (κ1) is 11.0. The van der Waals surface area contributed by atoms with E-state index in [0.29, 0.717) is 5.57 Å². The molecule has 3 nitrogen and oxygen atoms in total. The van der Waals surface area contributed by atoms with Crippen LogP contribution in [0.25, 0.3) is 5.57 Å². The Morgan fingerprint density at radius 2 is 2.13 bits per heavy atom. The molecular formula is C12H12N2O. The van der Waals surface area contributed by atoms with Crippen molar-refractivity contribution in [3.05, 3.63) is 42.1 Å². The van der Waals surface area contributed by atoms with Crippen LogP contribution in [0, 0.1) is 11.3 Å². The van der Waals surface area contributed by atoms with E-state index in [1.165, 1.54) is 0 Å².